The van der Waals surface area contributed by atoms with Crippen molar-refractivity contribution < 1.29 is 0 Å². The van der Waals surface area contributed by atoms with E-state index < -0.39 is 0 Å². The number of nitrogens with zero attached hydrogens (tertiary/aromatic N) is 2. The Bertz CT molecular complexity index is 2750. The van der Waals surface area contributed by atoms with Gasteiger partial charge in [0.05, 0.1) is 17.1 Å². The Morgan fingerprint density at radius 3 is 1.64 bits per heavy atom. The Morgan fingerprint density at radius 1 is 0.411 bits per heavy atom. The number of hydrogen-bond donors (Lipinski definition) is 0. The second kappa shape index (κ2) is 12.6. The summed E-state index contributed by atoms with van der Waals surface area (Å²) in [5.41, 5.74) is 18.5. The zero-order chi connectivity index (χ0) is 37.4. The van der Waals surface area contributed by atoms with E-state index in [9.17, 15) is 0 Å². The molecule has 0 aromatic heterocycles. The number of hydrogen-bond acceptors (Lipinski definition) is 2. The van der Waals surface area contributed by atoms with Gasteiger partial charge in [-0.3, -0.25) is 0 Å². The van der Waals surface area contributed by atoms with Crippen LogP contribution in [0.2, 0.25) is 0 Å². The van der Waals surface area contributed by atoms with Gasteiger partial charge in [-0.15, -0.1) is 0 Å². The van der Waals surface area contributed by atoms with Crippen LogP contribution in [0.3, 0.4) is 0 Å². The molecule has 0 amide bonds. The lowest BCUT2D eigenvalue weighted by atomic mass is 9.74. The smallest absolute Gasteiger partial charge is 0.0540 e. The highest BCUT2D eigenvalue weighted by atomic mass is 15.2. The highest BCUT2D eigenvalue weighted by Crippen LogP contribution is 2.60. The molecule has 0 radical (unpaired) electrons. The van der Waals surface area contributed by atoms with Crippen LogP contribution in [0.15, 0.2) is 182 Å². The van der Waals surface area contributed by atoms with Gasteiger partial charge in [0.1, 0.15) is 0 Å². The summed E-state index contributed by atoms with van der Waals surface area (Å²) >= 11 is 0. The second-order valence-electron chi connectivity index (χ2n) is 16.4. The molecule has 2 nitrogen and oxygen atoms in total. The fraction of sp³-hybridized carbons (Fsp3) is 0.148. The lowest BCUT2D eigenvalue weighted by Crippen LogP contribution is -2.27. The number of fused-ring (bicyclic) bond motifs is 8. The van der Waals surface area contributed by atoms with Crippen molar-refractivity contribution in [3.05, 3.63) is 215 Å². The first-order valence-electron chi connectivity index (χ1n) is 20.2. The summed E-state index contributed by atoms with van der Waals surface area (Å²) in [4.78, 5) is 5.11. The van der Waals surface area contributed by atoms with Crippen molar-refractivity contribution >= 4 is 44.9 Å². The van der Waals surface area contributed by atoms with Crippen LogP contribution in [0.25, 0.3) is 21.9 Å². The van der Waals surface area contributed by atoms with E-state index >= 15 is 0 Å². The molecule has 1 spiro atoms. The van der Waals surface area contributed by atoms with Crippen LogP contribution in [0.5, 0.6) is 0 Å². The Hall–Kier alpha value is -6.38. The van der Waals surface area contributed by atoms with Gasteiger partial charge in [0.25, 0.3) is 0 Å². The summed E-state index contributed by atoms with van der Waals surface area (Å²) in [5, 5.41) is 2.51. The standard InChI is InChI=1S/C54H44N2/c1-53(2)46-26-12-11-25-44(46)45-31-30-42(36-47(45)53)56(48-27-13-17-37-16-9-10-24-43(37)48)50-29-15-19-39-33-35-54(52(39)50)34-32-38-18-14-28-49(51(38)54)55(40-20-5-3-6-21-40)41-22-7-4-8-23-41/h3-31,36H,32-35H2,1-2H3/t54-/m1/s1. The van der Waals surface area contributed by atoms with Gasteiger partial charge in [0, 0.05) is 33.3 Å². The summed E-state index contributed by atoms with van der Waals surface area (Å²) < 4.78 is 0. The highest BCUT2D eigenvalue weighted by Gasteiger charge is 2.49. The third-order valence-corrected chi connectivity index (χ3v) is 13.2. The van der Waals surface area contributed by atoms with E-state index in [4.69, 9.17) is 0 Å². The SMILES string of the molecule is CC1(C)c2ccccc2-c2ccc(N(c3cccc4c3[C@]3(CCc5cccc(N(c6ccccc6)c6ccccc6)c53)CC4)c3cccc4ccccc34)cc21. The maximum Gasteiger partial charge on any atom is 0.0540 e. The van der Waals surface area contributed by atoms with Gasteiger partial charge in [-0.1, -0.05) is 141 Å². The normalized spacial score (nSPS) is 17.0. The Kier molecular flexibility index (Phi) is 7.41. The zero-order valence-electron chi connectivity index (χ0n) is 32.0. The van der Waals surface area contributed by atoms with Crippen LogP contribution in [0.4, 0.5) is 34.1 Å². The first-order valence-corrected chi connectivity index (χ1v) is 20.2. The van der Waals surface area contributed by atoms with Crippen LogP contribution in [0, 0.1) is 0 Å². The van der Waals surface area contributed by atoms with Crippen LogP contribution < -0.4 is 9.80 Å². The summed E-state index contributed by atoms with van der Waals surface area (Å²) in [6.45, 7) is 4.78. The fourth-order valence-electron chi connectivity index (χ4n) is 10.7. The van der Waals surface area contributed by atoms with E-state index in [-0.39, 0.29) is 10.8 Å². The lowest BCUT2D eigenvalue weighted by molar-refractivity contribution is 0.508. The van der Waals surface area contributed by atoms with Gasteiger partial charge in [0.2, 0.25) is 0 Å². The third kappa shape index (κ3) is 4.81. The third-order valence-electron chi connectivity index (χ3n) is 13.2. The molecular formula is C54H44N2. The fourth-order valence-corrected chi connectivity index (χ4v) is 10.7. The summed E-state index contributed by atoms with van der Waals surface area (Å²) in [6.07, 6.45) is 4.31. The largest absolute Gasteiger partial charge is 0.310 e. The van der Waals surface area contributed by atoms with Crippen molar-refractivity contribution in [1.82, 2.24) is 0 Å². The van der Waals surface area contributed by atoms with Crippen molar-refractivity contribution in [3.63, 3.8) is 0 Å². The number of rotatable bonds is 6. The monoisotopic (exact) mass is 720 g/mol. The maximum absolute atomic E-state index is 2.61. The van der Waals surface area contributed by atoms with Gasteiger partial charge < -0.3 is 9.80 Å². The van der Waals surface area contributed by atoms with E-state index in [0.29, 0.717) is 0 Å². The molecule has 0 unspecified atom stereocenters. The molecule has 0 saturated carbocycles. The molecule has 8 aromatic rings. The molecular weight excluding hydrogens is 677 g/mol. The Labute approximate surface area is 330 Å². The summed E-state index contributed by atoms with van der Waals surface area (Å²) in [5.74, 6) is 0. The van der Waals surface area contributed by atoms with Crippen LogP contribution in [-0.4, -0.2) is 0 Å². The van der Waals surface area contributed by atoms with E-state index in [1.807, 2.05) is 0 Å². The number of anilines is 6. The van der Waals surface area contributed by atoms with Gasteiger partial charge in [-0.25, -0.2) is 0 Å². The second-order valence-corrected chi connectivity index (χ2v) is 16.4. The Balaban J connectivity index is 1.16. The van der Waals surface area contributed by atoms with Gasteiger partial charge in [0.15, 0.2) is 0 Å². The van der Waals surface area contributed by atoms with Crippen molar-refractivity contribution in [3.8, 4) is 11.1 Å². The molecule has 270 valence electrons. The minimum atomic E-state index is -0.144. The lowest BCUT2D eigenvalue weighted by Gasteiger charge is -2.37. The van der Waals surface area contributed by atoms with E-state index in [2.05, 4.69) is 206 Å². The molecule has 2 heteroatoms. The van der Waals surface area contributed by atoms with Crippen LogP contribution in [0.1, 0.15) is 60.1 Å². The van der Waals surface area contributed by atoms with Crippen LogP contribution in [-0.2, 0) is 23.7 Å². The molecule has 3 aliphatic carbocycles. The molecule has 0 N–H and O–H groups in total. The quantitative estimate of drug-likeness (QED) is 0.169. The van der Waals surface area contributed by atoms with Crippen molar-refractivity contribution in [1.29, 1.82) is 0 Å². The van der Waals surface area contributed by atoms with Gasteiger partial charge in [-0.2, -0.15) is 0 Å². The molecule has 0 fully saturated rings. The number of para-hydroxylation sites is 2. The van der Waals surface area contributed by atoms with E-state index in [0.717, 1.165) is 25.7 Å². The van der Waals surface area contributed by atoms with Crippen molar-refractivity contribution in [2.45, 2.75) is 50.4 Å². The topological polar surface area (TPSA) is 6.48 Å². The molecule has 8 aromatic carbocycles. The van der Waals surface area contributed by atoms with E-state index in [1.165, 1.54) is 89.4 Å². The molecule has 0 saturated heterocycles. The molecule has 0 bridgehead atoms. The zero-order valence-corrected chi connectivity index (χ0v) is 32.0. The maximum atomic E-state index is 2.61. The van der Waals surface area contributed by atoms with Gasteiger partial charge in [-0.05, 0) is 130 Å². The number of benzene rings is 8. The average Bonchev–Trinajstić information content (AvgIpc) is 3.89. The minimum absolute atomic E-state index is 0.107. The average molecular weight is 721 g/mol. The first-order chi connectivity index (χ1) is 27.5. The molecule has 1 atom stereocenters. The Morgan fingerprint density at radius 2 is 0.946 bits per heavy atom. The number of aryl methyl sites for hydroxylation is 2. The summed E-state index contributed by atoms with van der Waals surface area (Å²) in [7, 11) is 0. The first kappa shape index (κ1) is 33.0. The molecule has 0 aliphatic heterocycles. The molecule has 11 rings (SSSR count). The minimum Gasteiger partial charge on any atom is -0.310 e. The molecule has 0 heterocycles. The molecule has 56 heavy (non-hydrogen) atoms. The highest BCUT2D eigenvalue weighted by molar-refractivity contribution is 6.00. The summed E-state index contributed by atoms with van der Waals surface area (Å²) in [6, 6.07) is 67.9. The predicted octanol–water partition coefficient (Wildman–Crippen LogP) is 14.3. The van der Waals surface area contributed by atoms with E-state index in [1.54, 1.807) is 0 Å². The van der Waals surface area contributed by atoms with Crippen molar-refractivity contribution in [2.75, 3.05) is 9.80 Å². The van der Waals surface area contributed by atoms with Crippen LogP contribution >= 0.6 is 0 Å². The van der Waals surface area contributed by atoms with Crippen molar-refractivity contribution in [2.24, 2.45) is 0 Å². The predicted molar refractivity (Wildman–Crippen MR) is 235 cm³/mol. The van der Waals surface area contributed by atoms with Gasteiger partial charge >= 0.3 is 0 Å². The molecule has 3 aliphatic rings.